The Kier molecular flexibility index (Phi) is 6.76. The van der Waals surface area contributed by atoms with E-state index in [1.165, 1.54) is 64.0 Å². The SMILES string of the molecule is c1ccc2c(c1)cc(-c1ccc(N(c3ccc(-c4ccc5c(c4)sc4ccccc45)cc3)c3cccc4oc5ccccc5c34)cc1)c1ccccc12. The van der Waals surface area contributed by atoms with Crippen molar-refractivity contribution in [2.75, 3.05) is 4.90 Å². The lowest BCUT2D eigenvalue weighted by Crippen LogP contribution is -2.10. The Morgan fingerprint density at radius 3 is 1.79 bits per heavy atom. The predicted octanol–water partition coefficient (Wildman–Crippen LogP) is 15.1. The molecule has 9 aromatic carbocycles. The Hall–Kier alpha value is -6.68. The molecule has 11 aromatic rings. The van der Waals surface area contributed by atoms with Gasteiger partial charge >= 0.3 is 0 Å². The first-order chi connectivity index (χ1) is 26.3. The fourth-order valence-corrected chi connectivity index (χ4v) is 9.31. The van der Waals surface area contributed by atoms with Gasteiger partial charge < -0.3 is 9.32 Å². The molecule has 2 aromatic heterocycles. The fraction of sp³-hybridized carbons (Fsp3) is 0. The summed E-state index contributed by atoms with van der Waals surface area (Å²) in [5.74, 6) is 0. The zero-order valence-electron chi connectivity index (χ0n) is 28.7. The summed E-state index contributed by atoms with van der Waals surface area (Å²) in [6.45, 7) is 0. The van der Waals surface area contributed by atoms with Gasteiger partial charge in [0.2, 0.25) is 0 Å². The van der Waals surface area contributed by atoms with E-state index in [2.05, 4.69) is 181 Å². The van der Waals surface area contributed by atoms with Crippen LogP contribution in [-0.4, -0.2) is 0 Å². The number of para-hydroxylation sites is 1. The van der Waals surface area contributed by atoms with E-state index in [-0.39, 0.29) is 0 Å². The van der Waals surface area contributed by atoms with Gasteiger partial charge in [0.05, 0.1) is 11.1 Å². The van der Waals surface area contributed by atoms with Crippen LogP contribution in [0.3, 0.4) is 0 Å². The molecule has 0 N–H and O–H groups in total. The first-order valence-electron chi connectivity index (χ1n) is 18.0. The van der Waals surface area contributed by atoms with Crippen LogP contribution in [0.15, 0.2) is 192 Å². The van der Waals surface area contributed by atoms with E-state index in [0.717, 1.165) is 39.0 Å². The number of hydrogen-bond acceptors (Lipinski definition) is 3. The molecular formula is C50H31NOS. The maximum Gasteiger partial charge on any atom is 0.137 e. The summed E-state index contributed by atoms with van der Waals surface area (Å²) in [5, 5.41) is 9.91. The molecule has 0 spiro atoms. The number of anilines is 3. The minimum atomic E-state index is 0.876. The number of benzene rings is 9. The predicted molar refractivity (Wildman–Crippen MR) is 227 cm³/mol. The number of nitrogens with zero attached hydrogens (tertiary/aromatic N) is 1. The van der Waals surface area contributed by atoms with Crippen LogP contribution in [-0.2, 0) is 0 Å². The van der Waals surface area contributed by atoms with Gasteiger partial charge in [0.15, 0.2) is 0 Å². The molecule has 0 fully saturated rings. The van der Waals surface area contributed by atoms with Crippen LogP contribution in [0.2, 0.25) is 0 Å². The molecule has 0 saturated carbocycles. The van der Waals surface area contributed by atoms with Gasteiger partial charge in [0, 0.05) is 36.9 Å². The summed E-state index contributed by atoms with van der Waals surface area (Å²) >= 11 is 1.86. The highest BCUT2D eigenvalue weighted by Crippen LogP contribution is 2.44. The quantitative estimate of drug-likeness (QED) is 0.167. The molecule has 3 heteroatoms. The summed E-state index contributed by atoms with van der Waals surface area (Å²) in [6, 6.07) is 68.0. The van der Waals surface area contributed by atoms with Gasteiger partial charge in [-0.05, 0) is 104 Å². The van der Waals surface area contributed by atoms with Crippen LogP contribution in [0, 0.1) is 0 Å². The highest BCUT2D eigenvalue weighted by Gasteiger charge is 2.20. The van der Waals surface area contributed by atoms with E-state index in [1.807, 2.05) is 23.5 Å². The average Bonchev–Trinajstić information content (AvgIpc) is 3.80. The molecule has 53 heavy (non-hydrogen) atoms. The largest absolute Gasteiger partial charge is 0.456 e. The molecule has 0 aliphatic rings. The summed E-state index contributed by atoms with van der Waals surface area (Å²) < 4.78 is 9.01. The van der Waals surface area contributed by atoms with Gasteiger partial charge in [-0.1, -0.05) is 127 Å². The number of thiophene rings is 1. The zero-order chi connectivity index (χ0) is 34.9. The Bertz CT molecular complexity index is 3170. The lowest BCUT2D eigenvalue weighted by atomic mass is 9.93. The number of furan rings is 1. The van der Waals surface area contributed by atoms with Crippen molar-refractivity contribution in [1.29, 1.82) is 0 Å². The fourth-order valence-electron chi connectivity index (χ4n) is 8.16. The monoisotopic (exact) mass is 693 g/mol. The lowest BCUT2D eigenvalue weighted by molar-refractivity contribution is 0.669. The van der Waals surface area contributed by atoms with Gasteiger partial charge in [-0.25, -0.2) is 0 Å². The topological polar surface area (TPSA) is 16.4 Å². The van der Waals surface area contributed by atoms with Crippen molar-refractivity contribution in [2.45, 2.75) is 0 Å². The molecule has 0 bridgehead atoms. The van der Waals surface area contributed by atoms with Crippen LogP contribution in [0.4, 0.5) is 17.1 Å². The van der Waals surface area contributed by atoms with Crippen LogP contribution >= 0.6 is 11.3 Å². The van der Waals surface area contributed by atoms with Crippen molar-refractivity contribution in [3.63, 3.8) is 0 Å². The minimum absolute atomic E-state index is 0.876. The molecule has 0 aliphatic carbocycles. The summed E-state index contributed by atoms with van der Waals surface area (Å²) in [7, 11) is 0. The van der Waals surface area contributed by atoms with Crippen molar-refractivity contribution >= 4 is 92.1 Å². The van der Waals surface area contributed by atoms with Crippen LogP contribution in [0.5, 0.6) is 0 Å². The Labute approximate surface area is 310 Å². The first kappa shape index (κ1) is 30.0. The number of fused-ring (bicyclic) bond motifs is 9. The van der Waals surface area contributed by atoms with Gasteiger partial charge in [-0.2, -0.15) is 0 Å². The van der Waals surface area contributed by atoms with Crippen molar-refractivity contribution in [3.05, 3.63) is 188 Å². The first-order valence-corrected chi connectivity index (χ1v) is 18.8. The van der Waals surface area contributed by atoms with Gasteiger partial charge in [-0.15, -0.1) is 11.3 Å². The molecule has 11 rings (SSSR count). The third-order valence-corrected chi connectivity index (χ3v) is 11.8. The average molecular weight is 694 g/mol. The van der Waals surface area contributed by atoms with E-state index in [0.29, 0.717) is 0 Å². The van der Waals surface area contributed by atoms with Gasteiger partial charge in [0.25, 0.3) is 0 Å². The third kappa shape index (κ3) is 4.86. The Balaban J connectivity index is 1.05. The molecule has 0 atom stereocenters. The molecule has 0 unspecified atom stereocenters. The molecule has 248 valence electrons. The van der Waals surface area contributed by atoms with Crippen LogP contribution in [0.1, 0.15) is 0 Å². The lowest BCUT2D eigenvalue weighted by Gasteiger charge is -2.27. The normalized spacial score (nSPS) is 11.8. The standard InChI is InChI=1S/C50H31NOS/c1-2-11-38-35(10-1)30-44(40-13-4-3-12-39(38)40)33-22-27-37(28-23-33)51(45-16-9-18-47-50(45)43-15-5-7-17-46(43)52-47)36-25-20-32(21-26-36)34-24-29-42-41-14-6-8-19-48(41)53-49(42)31-34/h1-31H. The second kappa shape index (κ2) is 11.9. The number of hydrogen-bond donors (Lipinski definition) is 0. The van der Waals surface area contributed by atoms with Crippen LogP contribution < -0.4 is 4.90 Å². The molecular weight excluding hydrogens is 663 g/mol. The van der Waals surface area contributed by atoms with Crippen molar-refractivity contribution in [3.8, 4) is 22.3 Å². The zero-order valence-corrected chi connectivity index (χ0v) is 29.5. The van der Waals surface area contributed by atoms with Crippen molar-refractivity contribution in [2.24, 2.45) is 0 Å². The minimum Gasteiger partial charge on any atom is -0.456 e. The Morgan fingerprint density at radius 2 is 0.981 bits per heavy atom. The van der Waals surface area contributed by atoms with Crippen molar-refractivity contribution < 1.29 is 4.42 Å². The molecule has 0 radical (unpaired) electrons. The Morgan fingerprint density at radius 1 is 0.377 bits per heavy atom. The summed E-state index contributed by atoms with van der Waals surface area (Å²) in [5.41, 5.74) is 9.84. The number of rotatable bonds is 5. The summed E-state index contributed by atoms with van der Waals surface area (Å²) in [6.07, 6.45) is 0. The third-order valence-electron chi connectivity index (χ3n) is 10.7. The molecule has 0 amide bonds. The maximum absolute atomic E-state index is 6.38. The highest BCUT2D eigenvalue weighted by atomic mass is 32.1. The molecule has 2 heterocycles. The second-order valence-electron chi connectivity index (χ2n) is 13.7. The van der Waals surface area contributed by atoms with E-state index >= 15 is 0 Å². The highest BCUT2D eigenvalue weighted by molar-refractivity contribution is 7.25. The summed E-state index contributed by atoms with van der Waals surface area (Å²) in [4.78, 5) is 2.37. The van der Waals surface area contributed by atoms with E-state index in [1.54, 1.807) is 0 Å². The van der Waals surface area contributed by atoms with Gasteiger partial charge in [-0.3, -0.25) is 0 Å². The molecule has 2 nitrogen and oxygen atoms in total. The van der Waals surface area contributed by atoms with Gasteiger partial charge in [0.1, 0.15) is 11.2 Å². The van der Waals surface area contributed by atoms with Crippen LogP contribution in [0.25, 0.3) is 85.9 Å². The maximum atomic E-state index is 6.38. The smallest absolute Gasteiger partial charge is 0.137 e. The van der Waals surface area contributed by atoms with E-state index in [4.69, 9.17) is 4.42 Å². The second-order valence-corrected chi connectivity index (χ2v) is 14.8. The van der Waals surface area contributed by atoms with Crippen molar-refractivity contribution in [1.82, 2.24) is 0 Å². The molecule has 0 saturated heterocycles. The van der Waals surface area contributed by atoms with E-state index in [9.17, 15) is 0 Å². The van der Waals surface area contributed by atoms with E-state index < -0.39 is 0 Å². The molecule has 0 aliphatic heterocycles.